The lowest BCUT2D eigenvalue weighted by molar-refractivity contribution is 0.220. The maximum absolute atomic E-state index is 5.25. The van der Waals surface area contributed by atoms with Gasteiger partial charge in [0.2, 0.25) is 5.90 Å². The molecule has 0 radical (unpaired) electrons. The van der Waals surface area contributed by atoms with Gasteiger partial charge in [-0.3, -0.25) is 0 Å². The molecule has 0 aromatic carbocycles. The molecule has 2 heteroatoms. The van der Waals surface area contributed by atoms with Crippen molar-refractivity contribution in [3.05, 3.63) is 12.7 Å². The molecule has 0 fully saturated rings. The Morgan fingerprint density at radius 1 is 1.67 bits per heavy atom. The van der Waals surface area contributed by atoms with E-state index in [1.165, 1.54) is 0 Å². The molecule has 50 valence electrons. The van der Waals surface area contributed by atoms with Crippen LogP contribution in [0.4, 0.5) is 0 Å². The van der Waals surface area contributed by atoms with E-state index in [2.05, 4.69) is 11.6 Å². The molecule has 1 rings (SSSR count). The van der Waals surface area contributed by atoms with Gasteiger partial charge in [0.1, 0.15) is 6.10 Å². The van der Waals surface area contributed by atoms with Gasteiger partial charge in [0.05, 0.1) is 6.04 Å². The SMILES string of the molecule is C=CC1=NC(C)C(C)O1. The van der Waals surface area contributed by atoms with Gasteiger partial charge in [-0.05, 0) is 19.9 Å². The van der Waals surface area contributed by atoms with Crippen LogP contribution in [-0.4, -0.2) is 18.0 Å². The fourth-order valence-electron chi connectivity index (χ4n) is 0.726. The topological polar surface area (TPSA) is 21.6 Å². The summed E-state index contributed by atoms with van der Waals surface area (Å²) in [6, 6.07) is 0.290. The third kappa shape index (κ3) is 1.12. The first-order valence-electron chi connectivity index (χ1n) is 3.11. The molecular weight excluding hydrogens is 114 g/mol. The van der Waals surface area contributed by atoms with Crippen LogP contribution in [0.15, 0.2) is 17.6 Å². The van der Waals surface area contributed by atoms with Crippen molar-refractivity contribution in [3.63, 3.8) is 0 Å². The molecule has 0 amide bonds. The largest absolute Gasteiger partial charge is 0.473 e. The summed E-state index contributed by atoms with van der Waals surface area (Å²) < 4.78 is 5.25. The number of rotatable bonds is 1. The molecule has 0 spiro atoms. The van der Waals surface area contributed by atoms with Gasteiger partial charge in [0.15, 0.2) is 0 Å². The first-order chi connectivity index (χ1) is 4.24. The Bertz CT molecular complexity index is 151. The molecule has 0 aromatic heterocycles. The minimum Gasteiger partial charge on any atom is -0.473 e. The van der Waals surface area contributed by atoms with E-state index in [1.807, 2.05) is 13.8 Å². The summed E-state index contributed by atoms with van der Waals surface area (Å²) >= 11 is 0. The Kier molecular flexibility index (Phi) is 1.56. The van der Waals surface area contributed by atoms with E-state index in [4.69, 9.17) is 4.74 Å². The normalized spacial score (nSPS) is 33.3. The quantitative estimate of drug-likeness (QED) is 0.518. The van der Waals surface area contributed by atoms with E-state index >= 15 is 0 Å². The Morgan fingerprint density at radius 3 is 2.56 bits per heavy atom. The van der Waals surface area contributed by atoms with Crippen LogP contribution < -0.4 is 0 Å². The molecule has 0 saturated carbocycles. The van der Waals surface area contributed by atoms with Crippen molar-refractivity contribution < 1.29 is 4.74 Å². The fraction of sp³-hybridized carbons (Fsp3) is 0.571. The predicted molar refractivity (Wildman–Crippen MR) is 37.6 cm³/mol. The number of ether oxygens (including phenoxy) is 1. The summed E-state index contributed by atoms with van der Waals surface area (Å²) in [6.07, 6.45) is 1.86. The highest BCUT2D eigenvalue weighted by Gasteiger charge is 2.20. The van der Waals surface area contributed by atoms with Crippen molar-refractivity contribution in [2.75, 3.05) is 0 Å². The lowest BCUT2D eigenvalue weighted by Crippen LogP contribution is -2.13. The van der Waals surface area contributed by atoms with Crippen LogP contribution in [0.3, 0.4) is 0 Å². The average Bonchev–Trinajstić information content (AvgIpc) is 2.13. The van der Waals surface area contributed by atoms with Gasteiger partial charge >= 0.3 is 0 Å². The highest BCUT2D eigenvalue weighted by Crippen LogP contribution is 2.11. The van der Waals surface area contributed by atoms with Crippen LogP contribution in [-0.2, 0) is 4.74 Å². The van der Waals surface area contributed by atoms with Crippen LogP contribution in [0.2, 0.25) is 0 Å². The Morgan fingerprint density at radius 2 is 2.33 bits per heavy atom. The second-order valence-corrected chi connectivity index (χ2v) is 2.24. The molecule has 2 unspecified atom stereocenters. The van der Waals surface area contributed by atoms with Gasteiger partial charge in [-0.15, -0.1) is 0 Å². The van der Waals surface area contributed by atoms with Crippen LogP contribution >= 0.6 is 0 Å². The van der Waals surface area contributed by atoms with Crippen molar-refractivity contribution in [1.29, 1.82) is 0 Å². The zero-order chi connectivity index (χ0) is 6.85. The molecule has 2 nitrogen and oxygen atoms in total. The molecule has 2 atom stereocenters. The first-order valence-corrected chi connectivity index (χ1v) is 3.11. The monoisotopic (exact) mass is 125 g/mol. The number of hydrogen-bond donors (Lipinski definition) is 0. The van der Waals surface area contributed by atoms with E-state index in [9.17, 15) is 0 Å². The molecule has 0 aromatic rings. The van der Waals surface area contributed by atoms with Crippen molar-refractivity contribution in [3.8, 4) is 0 Å². The van der Waals surface area contributed by atoms with Gasteiger partial charge < -0.3 is 4.74 Å². The summed E-state index contributed by atoms with van der Waals surface area (Å²) in [5, 5.41) is 0. The van der Waals surface area contributed by atoms with Gasteiger partial charge in [-0.25, -0.2) is 4.99 Å². The zero-order valence-electron chi connectivity index (χ0n) is 5.79. The summed E-state index contributed by atoms with van der Waals surface area (Å²) in [7, 11) is 0. The molecule has 0 bridgehead atoms. The number of nitrogens with zero attached hydrogens (tertiary/aromatic N) is 1. The van der Waals surface area contributed by atoms with E-state index in [-0.39, 0.29) is 12.1 Å². The maximum Gasteiger partial charge on any atom is 0.208 e. The van der Waals surface area contributed by atoms with Crippen molar-refractivity contribution in [1.82, 2.24) is 0 Å². The van der Waals surface area contributed by atoms with Gasteiger partial charge in [0.25, 0.3) is 0 Å². The average molecular weight is 125 g/mol. The minimum absolute atomic E-state index is 0.220. The second-order valence-electron chi connectivity index (χ2n) is 2.24. The van der Waals surface area contributed by atoms with Gasteiger partial charge in [-0.2, -0.15) is 0 Å². The van der Waals surface area contributed by atoms with E-state index in [1.54, 1.807) is 6.08 Å². The molecule has 1 aliphatic heterocycles. The van der Waals surface area contributed by atoms with Crippen LogP contribution in [0.5, 0.6) is 0 Å². The molecule has 1 aliphatic rings. The number of hydrogen-bond acceptors (Lipinski definition) is 2. The fourth-order valence-corrected chi connectivity index (χ4v) is 0.726. The first kappa shape index (κ1) is 6.33. The molecule has 0 saturated heterocycles. The van der Waals surface area contributed by atoms with Gasteiger partial charge in [0, 0.05) is 0 Å². The maximum atomic E-state index is 5.25. The Balaban J connectivity index is 2.62. The smallest absolute Gasteiger partial charge is 0.208 e. The molecule has 0 N–H and O–H groups in total. The Labute approximate surface area is 55.2 Å². The van der Waals surface area contributed by atoms with Crippen LogP contribution in [0, 0.1) is 0 Å². The number of aliphatic imine (C=N–C) groups is 1. The van der Waals surface area contributed by atoms with Crippen molar-refractivity contribution >= 4 is 5.90 Å². The van der Waals surface area contributed by atoms with E-state index in [0.29, 0.717) is 5.90 Å². The lowest BCUT2D eigenvalue weighted by atomic mass is 10.2. The second kappa shape index (κ2) is 2.21. The summed E-state index contributed by atoms with van der Waals surface area (Å²) in [6.45, 7) is 7.59. The summed E-state index contributed by atoms with van der Waals surface area (Å²) in [4.78, 5) is 4.16. The molecule has 1 heterocycles. The van der Waals surface area contributed by atoms with E-state index < -0.39 is 0 Å². The molecule has 0 aliphatic carbocycles. The van der Waals surface area contributed by atoms with Crippen LogP contribution in [0.25, 0.3) is 0 Å². The highest BCUT2D eigenvalue weighted by atomic mass is 16.5. The summed E-state index contributed by atoms with van der Waals surface area (Å²) in [5.74, 6) is 0.676. The van der Waals surface area contributed by atoms with Crippen molar-refractivity contribution in [2.24, 2.45) is 4.99 Å². The molecular formula is C7H11NO. The predicted octanol–water partition coefficient (Wildman–Crippen LogP) is 1.38. The minimum atomic E-state index is 0.220. The third-order valence-electron chi connectivity index (χ3n) is 1.49. The standard InChI is InChI=1S/C7H11NO/c1-4-7-8-5(2)6(3)9-7/h4-6H,1H2,2-3H3. The third-order valence-corrected chi connectivity index (χ3v) is 1.49. The van der Waals surface area contributed by atoms with Crippen molar-refractivity contribution in [2.45, 2.75) is 26.0 Å². The summed E-state index contributed by atoms with van der Waals surface area (Å²) in [5.41, 5.74) is 0. The van der Waals surface area contributed by atoms with Gasteiger partial charge in [-0.1, -0.05) is 6.58 Å². The molecule has 9 heavy (non-hydrogen) atoms. The van der Waals surface area contributed by atoms with E-state index in [0.717, 1.165) is 0 Å². The Hall–Kier alpha value is -0.790. The van der Waals surface area contributed by atoms with Crippen LogP contribution in [0.1, 0.15) is 13.8 Å². The zero-order valence-corrected chi connectivity index (χ0v) is 5.79. The highest BCUT2D eigenvalue weighted by molar-refractivity contribution is 5.88. The lowest BCUT2D eigenvalue weighted by Gasteiger charge is -2.05.